The third-order valence-electron chi connectivity index (χ3n) is 14.4. The van der Waals surface area contributed by atoms with E-state index in [2.05, 4.69) is 37.5 Å². The van der Waals surface area contributed by atoms with Gasteiger partial charge in [0.2, 0.25) is 0 Å². The maximum absolute atomic E-state index is 13.9. The number of aromatic nitrogens is 1. The lowest BCUT2D eigenvalue weighted by molar-refractivity contribution is -0.145. The zero-order chi connectivity index (χ0) is 56.4. The highest BCUT2D eigenvalue weighted by molar-refractivity contribution is 8.00. The number of nitrogens with zero attached hydrogens (tertiary/aromatic N) is 1. The summed E-state index contributed by atoms with van der Waals surface area (Å²) >= 11 is 3.03. The topological polar surface area (TPSA) is 201 Å². The fourth-order valence-corrected chi connectivity index (χ4v) is 12.4. The second-order valence-corrected chi connectivity index (χ2v) is 22.6. The van der Waals surface area contributed by atoms with Crippen molar-refractivity contribution in [3.8, 4) is 34.5 Å². The van der Waals surface area contributed by atoms with Crippen LogP contribution in [0.15, 0.2) is 103 Å². The molecule has 0 radical (unpaired) electrons. The van der Waals surface area contributed by atoms with Crippen LogP contribution >= 0.6 is 23.1 Å². The van der Waals surface area contributed by atoms with E-state index in [-0.39, 0.29) is 29.1 Å². The van der Waals surface area contributed by atoms with Crippen LogP contribution in [-0.4, -0.2) is 67.2 Å². The van der Waals surface area contributed by atoms with Gasteiger partial charge in [0.1, 0.15) is 39.1 Å². The predicted molar refractivity (Wildman–Crippen MR) is 304 cm³/mol. The third kappa shape index (κ3) is 16.7. The third-order valence-corrected chi connectivity index (χ3v) is 16.8. The Hall–Kier alpha value is -7.18. The van der Waals surface area contributed by atoms with Crippen LogP contribution in [0.3, 0.4) is 0 Å². The van der Waals surface area contributed by atoms with Crippen molar-refractivity contribution in [2.24, 2.45) is 23.7 Å². The van der Waals surface area contributed by atoms with Crippen molar-refractivity contribution in [2.75, 3.05) is 31.7 Å². The number of thiazole rings is 1. The van der Waals surface area contributed by atoms with Crippen LogP contribution in [0.5, 0.6) is 34.5 Å². The standard InChI is InChI=1S/C62H70N2O14S2/c1-5-52(65)73-35-13-9-7-11-33-71-45-23-27-47(28-24-45)75-59(67)41-15-19-43(20-16-41)61(69)77-49-31-32-50(56-55(49)64-58(80-56)57-63-54-40(4)37-39(3)38-51(54)79-57)78-62(70)44-21-17-42(18-22-44)60(68)76-48-29-25-46(26-30-48)72-34-12-8-10-14-36-74-53(66)6-2/h5-6,23-32,37-38,41-44,58,64H,1-2,7-22,33-36H2,3-4H3. The maximum Gasteiger partial charge on any atom is 0.330 e. The molecule has 0 bridgehead atoms. The summed E-state index contributed by atoms with van der Waals surface area (Å²) < 4.78 is 46.6. The molecule has 3 aliphatic rings. The van der Waals surface area contributed by atoms with Crippen LogP contribution in [0.1, 0.15) is 124 Å². The average molecular weight is 1130 g/mol. The molecule has 16 nitrogen and oxygen atoms in total. The van der Waals surface area contributed by atoms with Crippen LogP contribution in [0.4, 0.5) is 5.69 Å². The summed E-state index contributed by atoms with van der Waals surface area (Å²) in [5.74, 6) is -1.10. The molecule has 4 aromatic carbocycles. The van der Waals surface area contributed by atoms with Crippen molar-refractivity contribution in [1.29, 1.82) is 0 Å². The van der Waals surface area contributed by atoms with Crippen molar-refractivity contribution >= 4 is 74.8 Å². The number of carbonyl (C=O) groups excluding carboxylic acids is 6. The van der Waals surface area contributed by atoms with Gasteiger partial charge in [0, 0.05) is 12.2 Å². The van der Waals surface area contributed by atoms with Gasteiger partial charge in [-0.3, -0.25) is 19.2 Å². The Bertz CT molecular complexity index is 2820. The zero-order valence-electron chi connectivity index (χ0n) is 45.5. The minimum atomic E-state index is -0.437. The summed E-state index contributed by atoms with van der Waals surface area (Å²) in [5.41, 5.74) is 3.66. The van der Waals surface area contributed by atoms with E-state index in [0.717, 1.165) is 89.9 Å². The maximum atomic E-state index is 13.9. The van der Waals surface area contributed by atoms with Gasteiger partial charge in [-0.15, -0.1) is 11.3 Å². The minimum Gasteiger partial charge on any atom is -0.494 e. The van der Waals surface area contributed by atoms with Crippen LogP contribution in [0, 0.1) is 37.5 Å². The monoisotopic (exact) mass is 1130 g/mol. The lowest BCUT2D eigenvalue weighted by Gasteiger charge is -2.26. The molecule has 2 aliphatic carbocycles. The van der Waals surface area contributed by atoms with E-state index in [1.807, 2.05) is 6.92 Å². The highest BCUT2D eigenvalue weighted by atomic mass is 32.2. The molecule has 0 saturated heterocycles. The Morgan fingerprint density at radius 2 is 0.950 bits per heavy atom. The molecule has 1 aromatic heterocycles. The number of nitrogens with one attached hydrogen (secondary N) is 1. The first-order valence-corrected chi connectivity index (χ1v) is 29.4. The first-order chi connectivity index (χ1) is 38.8. The van der Waals surface area contributed by atoms with E-state index in [1.165, 1.54) is 11.8 Å². The summed E-state index contributed by atoms with van der Waals surface area (Å²) in [6.07, 6.45) is 12.9. The molecule has 5 aromatic rings. The van der Waals surface area contributed by atoms with Crippen LogP contribution in [0.25, 0.3) is 10.2 Å². The molecule has 0 amide bonds. The van der Waals surface area contributed by atoms with Crippen LogP contribution in [-0.2, 0) is 38.2 Å². The predicted octanol–water partition coefficient (Wildman–Crippen LogP) is 13.1. The molecular weight excluding hydrogens is 1060 g/mol. The summed E-state index contributed by atoms with van der Waals surface area (Å²) in [6.45, 7) is 12.7. The quantitative estimate of drug-likeness (QED) is 0.0225. The fourth-order valence-electron chi connectivity index (χ4n) is 9.93. The number of esters is 6. The Morgan fingerprint density at radius 3 is 1.41 bits per heavy atom. The zero-order valence-corrected chi connectivity index (χ0v) is 47.1. The second-order valence-electron chi connectivity index (χ2n) is 20.4. The molecule has 2 fully saturated rings. The van der Waals surface area contributed by atoms with Gasteiger partial charge in [-0.25, -0.2) is 14.6 Å². The first-order valence-electron chi connectivity index (χ1n) is 27.7. The van der Waals surface area contributed by atoms with Crippen LogP contribution < -0.4 is 33.7 Å². The highest BCUT2D eigenvalue weighted by Crippen LogP contribution is 2.56. The van der Waals surface area contributed by atoms with E-state index in [4.69, 9.17) is 42.9 Å². The van der Waals surface area contributed by atoms with Gasteiger partial charge in [0.25, 0.3) is 0 Å². The van der Waals surface area contributed by atoms with Gasteiger partial charge in [-0.2, -0.15) is 0 Å². The van der Waals surface area contributed by atoms with Gasteiger partial charge in [-0.1, -0.05) is 31.0 Å². The number of unbranched alkanes of at least 4 members (excludes halogenated alkanes) is 6. The van der Waals surface area contributed by atoms with E-state index in [0.29, 0.717) is 123 Å². The van der Waals surface area contributed by atoms with Gasteiger partial charge < -0.3 is 43.2 Å². The number of ether oxygens (including phenoxy) is 8. The molecule has 424 valence electrons. The number of rotatable bonds is 27. The van der Waals surface area contributed by atoms with Crippen molar-refractivity contribution in [1.82, 2.24) is 4.98 Å². The van der Waals surface area contributed by atoms with Crippen molar-refractivity contribution in [3.63, 3.8) is 0 Å². The molecule has 1 atom stereocenters. The van der Waals surface area contributed by atoms with Crippen LogP contribution in [0.2, 0.25) is 0 Å². The van der Waals surface area contributed by atoms with E-state index < -0.39 is 35.7 Å². The van der Waals surface area contributed by atoms with Crippen molar-refractivity contribution in [3.05, 3.63) is 114 Å². The minimum absolute atomic E-state index is 0.306. The van der Waals surface area contributed by atoms with Gasteiger partial charge in [0.05, 0.1) is 70.9 Å². The SMILES string of the molecule is C=CC(=O)OCCCCCCOc1ccc(OC(=O)C2CCC(C(=O)Oc3ccc(OC(=O)C4CCC(C(=O)Oc5ccc(OCCCCCCOC(=O)C=C)cc5)CC4)c4c3NC(c3nc5c(C)cc(C)cc5s3)S4)CC2)cc1. The number of thioether (sulfide) groups is 1. The first kappa shape index (κ1) is 59.0. The summed E-state index contributed by atoms with van der Waals surface area (Å²) in [6, 6.07) is 21.4. The van der Waals surface area contributed by atoms with Crippen molar-refractivity contribution < 1.29 is 66.7 Å². The molecule has 1 unspecified atom stereocenters. The fraction of sp³-hybridized carbons (Fsp3) is 0.435. The molecule has 8 rings (SSSR count). The normalized spacial score (nSPS) is 18.4. The number of hydrogen-bond donors (Lipinski definition) is 1. The Morgan fingerprint density at radius 1 is 0.537 bits per heavy atom. The molecule has 2 heterocycles. The average Bonchev–Trinajstić information content (AvgIpc) is 4.14. The van der Waals surface area contributed by atoms with Gasteiger partial charge >= 0.3 is 35.8 Å². The summed E-state index contributed by atoms with van der Waals surface area (Å²) in [7, 11) is 0. The Labute approximate surface area is 475 Å². The van der Waals surface area contributed by atoms with E-state index in [9.17, 15) is 28.8 Å². The molecular formula is C62H70N2O14S2. The number of carbonyl (C=O) groups is 6. The second kappa shape index (κ2) is 29.3. The van der Waals surface area contributed by atoms with E-state index in [1.54, 1.807) is 72.0 Å². The lowest BCUT2D eigenvalue weighted by atomic mass is 9.82. The number of hydrogen-bond acceptors (Lipinski definition) is 18. The number of aryl methyl sites for hydroxylation is 2. The van der Waals surface area contributed by atoms with Gasteiger partial charge in [0.15, 0.2) is 5.75 Å². The molecule has 18 heteroatoms. The lowest BCUT2D eigenvalue weighted by Crippen LogP contribution is -2.30. The molecule has 2 saturated carbocycles. The van der Waals surface area contributed by atoms with Crippen molar-refractivity contribution in [2.45, 2.75) is 127 Å². The Balaban J connectivity index is 0.808. The number of benzene rings is 4. The summed E-state index contributed by atoms with van der Waals surface area (Å²) in [4.78, 5) is 82.3. The molecule has 1 aliphatic heterocycles. The number of anilines is 1. The van der Waals surface area contributed by atoms with Gasteiger partial charge in [-0.05, 0) is 194 Å². The molecule has 0 spiro atoms. The largest absolute Gasteiger partial charge is 0.494 e. The summed E-state index contributed by atoms with van der Waals surface area (Å²) in [5, 5.41) is 4.01. The molecule has 1 N–H and O–H groups in total. The molecule has 80 heavy (non-hydrogen) atoms. The Kier molecular flexibility index (Phi) is 21.6. The van der Waals surface area contributed by atoms with E-state index >= 15 is 0 Å². The highest BCUT2D eigenvalue weighted by Gasteiger charge is 2.38. The number of fused-ring (bicyclic) bond motifs is 2. The smallest absolute Gasteiger partial charge is 0.330 e.